The summed E-state index contributed by atoms with van der Waals surface area (Å²) in [6, 6.07) is 0. The number of hydrogen-bond acceptors (Lipinski definition) is 3. The zero-order chi connectivity index (χ0) is 25.0. The highest BCUT2D eigenvalue weighted by Crippen LogP contribution is 2.35. The molecular formula is C25H39F5O3. The zero-order valence-electron chi connectivity index (χ0n) is 20.5. The number of hydrogen-bond donors (Lipinski definition) is 0. The first-order valence-corrected chi connectivity index (χ1v) is 11.9. The standard InChI is InChI=1S/C25H39F5O3/c1-6-7-8-9-10-11-14-18(25(31-4,32-5)33-17(2)3)15-12-13-16-19-20(26)22(28)24(30)23(29)21(19)27/h17-18H,6-16H2,1-5H3. The molecule has 0 aliphatic rings. The third-order valence-electron chi connectivity index (χ3n) is 5.91. The molecule has 0 saturated heterocycles. The van der Waals surface area contributed by atoms with E-state index in [0.717, 1.165) is 25.7 Å². The summed E-state index contributed by atoms with van der Waals surface area (Å²) in [6.07, 6.45) is 8.34. The first kappa shape index (κ1) is 29.8. The van der Waals surface area contributed by atoms with E-state index in [1.165, 1.54) is 33.5 Å². The van der Waals surface area contributed by atoms with Gasteiger partial charge in [0.1, 0.15) is 0 Å². The van der Waals surface area contributed by atoms with Crippen molar-refractivity contribution in [2.45, 2.75) is 103 Å². The SMILES string of the molecule is CCCCCCCCC(CCCCc1c(F)c(F)c(F)c(F)c1F)C(OC)(OC)OC(C)C. The molecule has 3 nitrogen and oxygen atoms in total. The molecule has 0 heterocycles. The van der Waals surface area contributed by atoms with Gasteiger partial charge in [0.2, 0.25) is 5.82 Å². The number of benzene rings is 1. The number of rotatable bonds is 17. The van der Waals surface area contributed by atoms with Crippen LogP contribution in [0, 0.1) is 35.0 Å². The Morgan fingerprint density at radius 2 is 1.12 bits per heavy atom. The molecule has 1 aromatic carbocycles. The van der Waals surface area contributed by atoms with Crippen LogP contribution in [0.2, 0.25) is 0 Å². The molecule has 0 N–H and O–H groups in total. The van der Waals surface area contributed by atoms with Gasteiger partial charge in [0.15, 0.2) is 23.3 Å². The van der Waals surface area contributed by atoms with E-state index in [-0.39, 0.29) is 24.9 Å². The third-order valence-corrected chi connectivity index (χ3v) is 5.91. The molecule has 1 atom stereocenters. The number of ether oxygens (including phenoxy) is 3. The zero-order valence-corrected chi connectivity index (χ0v) is 20.5. The van der Waals surface area contributed by atoms with E-state index in [0.29, 0.717) is 12.8 Å². The summed E-state index contributed by atoms with van der Waals surface area (Å²) in [5.41, 5.74) is -0.776. The fourth-order valence-electron chi connectivity index (χ4n) is 4.17. The third kappa shape index (κ3) is 8.48. The second-order valence-corrected chi connectivity index (χ2v) is 8.73. The van der Waals surface area contributed by atoms with Crippen LogP contribution >= 0.6 is 0 Å². The minimum absolute atomic E-state index is 0.155. The van der Waals surface area contributed by atoms with Crippen LogP contribution in [-0.2, 0) is 20.6 Å². The van der Waals surface area contributed by atoms with Gasteiger partial charge in [-0.15, -0.1) is 0 Å². The highest BCUT2D eigenvalue weighted by molar-refractivity contribution is 5.24. The molecule has 0 saturated carbocycles. The van der Waals surface area contributed by atoms with Crippen molar-refractivity contribution in [2.75, 3.05) is 14.2 Å². The van der Waals surface area contributed by atoms with Crippen molar-refractivity contribution in [3.05, 3.63) is 34.6 Å². The van der Waals surface area contributed by atoms with E-state index in [1.54, 1.807) is 0 Å². The second-order valence-electron chi connectivity index (χ2n) is 8.73. The van der Waals surface area contributed by atoms with Crippen LogP contribution in [0.5, 0.6) is 0 Å². The summed E-state index contributed by atoms with van der Waals surface area (Å²) in [4.78, 5) is 0. The fraction of sp³-hybridized carbons (Fsp3) is 0.760. The van der Waals surface area contributed by atoms with Gasteiger partial charge in [-0.2, -0.15) is 0 Å². The van der Waals surface area contributed by atoms with Gasteiger partial charge >= 0.3 is 0 Å². The van der Waals surface area contributed by atoms with Gasteiger partial charge in [-0.05, 0) is 39.5 Å². The molecule has 33 heavy (non-hydrogen) atoms. The summed E-state index contributed by atoms with van der Waals surface area (Å²) < 4.78 is 85.3. The van der Waals surface area contributed by atoms with Crippen LogP contribution in [0.25, 0.3) is 0 Å². The largest absolute Gasteiger partial charge is 0.331 e. The maximum atomic E-state index is 13.9. The Balaban J connectivity index is 2.83. The molecule has 0 bridgehead atoms. The average molecular weight is 483 g/mol. The maximum absolute atomic E-state index is 13.9. The van der Waals surface area contributed by atoms with Crippen molar-refractivity contribution < 1.29 is 36.2 Å². The molecule has 0 amide bonds. The highest BCUT2D eigenvalue weighted by atomic mass is 19.2. The summed E-state index contributed by atoms with van der Waals surface area (Å²) in [7, 11) is 3.02. The monoisotopic (exact) mass is 482 g/mol. The quantitative estimate of drug-likeness (QED) is 0.0744. The molecule has 0 aromatic heterocycles. The van der Waals surface area contributed by atoms with Crippen molar-refractivity contribution >= 4 is 0 Å². The van der Waals surface area contributed by atoms with Crippen LogP contribution in [-0.4, -0.2) is 26.3 Å². The maximum Gasteiger partial charge on any atom is 0.285 e. The predicted molar refractivity (Wildman–Crippen MR) is 118 cm³/mol. The molecular weight excluding hydrogens is 443 g/mol. The summed E-state index contributed by atoms with van der Waals surface area (Å²) >= 11 is 0. The number of unbranched alkanes of at least 4 members (excludes halogenated alkanes) is 6. The minimum Gasteiger partial charge on any atom is -0.331 e. The molecule has 0 aliphatic heterocycles. The Morgan fingerprint density at radius 3 is 1.61 bits per heavy atom. The lowest BCUT2D eigenvalue weighted by Gasteiger charge is -2.39. The van der Waals surface area contributed by atoms with Gasteiger partial charge in [0, 0.05) is 25.7 Å². The Hall–Kier alpha value is -1.25. The van der Waals surface area contributed by atoms with Crippen molar-refractivity contribution in [3.63, 3.8) is 0 Å². The van der Waals surface area contributed by atoms with E-state index in [9.17, 15) is 22.0 Å². The van der Waals surface area contributed by atoms with E-state index in [1.807, 2.05) is 13.8 Å². The molecule has 0 radical (unpaired) electrons. The first-order valence-electron chi connectivity index (χ1n) is 11.9. The molecule has 192 valence electrons. The van der Waals surface area contributed by atoms with Crippen molar-refractivity contribution in [2.24, 2.45) is 5.92 Å². The van der Waals surface area contributed by atoms with Crippen LogP contribution in [0.15, 0.2) is 0 Å². The summed E-state index contributed by atoms with van der Waals surface area (Å²) in [5.74, 6) is -10.9. The second kappa shape index (κ2) is 14.9. The summed E-state index contributed by atoms with van der Waals surface area (Å²) in [6.45, 7) is 5.91. The van der Waals surface area contributed by atoms with E-state index >= 15 is 0 Å². The van der Waals surface area contributed by atoms with Crippen LogP contribution in [0.4, 0.5) is 22.0 Å². The Kier molecular flexibility index (Phi) is 13.4. The van der Waals surface area contributed by atoms with Gasteiger partial charge in [-0.3, -0.25) is 0 Å². The fourth-order valence-corrected chi connectivity index (χ4v) is 4.17. The van der Waals surface area contributed by atoms with Crippen molar-refractivity contribution in [3.8, 4) is 0 Å². The Bertz CT molecular complexity index is 679. The highest BCUT2D eigenvalue weighted by Gasteiger charge is 2.41. The topological polar surface area (TPSA) is 27.7 Å². The van der Waals surface area contributed by atoms with Gasteiger partial charge in [0.25, 0.3) is 5.97 Å². The minimum atomic E-state index is -2.14. The van der Waals surface area contributed by atoms with Gasteiger partial charge in [-0.1, -0.05) is 51.9 Å². The lowest BCUT2D eigenvalue weighted by atomic mass is 9.91. The first-order chi connectivity index (χ1) is 15.6. The van der Waals surface area contributed by atoms with E-state index < -0.39 is 40.6 Å². The number of halogens is 5. The van der Waals surface area contributed by atoms with Gasteiger partial charge in [0.05, 0.1) is 6.10 Å². The van der Waals surface area contributed by atoms with Gasteiger partial charge in [-0.25, -0.2) is 22.0 Å². The van der Waals surface area contributed by atoms with Gasteiger partial charge < -0.3 is 14.2 Å². The Labute approximate surface area is 195 Å². The number of methoxy groups -OCH3 is 2. The molecule has 1 rings (SSSR count). The van der Waals surface area contributed by atoms with Crippen LogP contribution in [0.1, 0.15) is 90.5 Å². The summed E-state index contributed by atoms with van der Waals surface area (Å²) in [5, 5.41) is 0. The lowest BCUT2D eigenvalue weighted by molar-refractivity contribution is -0.399. The normalized spacial score (nSPS) is 13.2. The van der Waals surface area contributed by atoms with Crippen molar-refractivity contribution in [1.82, 2.24) is 0 Å². The molecule has 1 unspecified atom stereocenters. The predicted octanol–water partition coefficient (Wildman–Crippen LogP) is 7.83. The Morgan fingerprint density at radius 1 is 0.667 bits per heavy atom. The van der Waals surface area contributed by atoms with Crippen LogP contribution in [0.3, 0.4) is 0 Å². The molecule has 0 aliphatic carbocycles. The van der Waals surface area contributed by atoms with Crippen LogP contribution < -0.4 is 0 Å². The lowest BCUT2D eigenvalue weighted by Crippen LogP contribution is -2.46. The average Bonchev–Trinajstić information content (AvgIpc) is 2.80. The van der Waals surface area contributed by atoms with E-state index in [2.05, 4.69) is 6.92 Å². The molecule has 1 aromatic rings. The van der Waals surface area contributed by atoms with E-state index in [4.69, 9.17) is 14.2 Å². The molecule has 8 heteroatoms. The smallest absolute Gasteiger partial charge is 0.285 e. The molecule has 0 spiro atoms. The van der Waals surface area contributed by atoms with Crippen molar-refractivity contribution in [1.29, 1.82) is 0 Å². The molecule has 0 fully saturated rings.